The Hall–Kier alpha value is -4.33. The molecule has 1 N–H and O–H groups in total. The first-order chi connectivity index (χ1) is 17.5. The minimum Gasteiger partial charge on any atom is -0.493 e. The van der Waals surface area contributed by atoms with E-state index in [9.17, 15) is 14.4 Å². The number of hydrogen-bond donors (Lipinski definition) is 1. The van der Waals surface area contributed by atoms with E-state index in [-0.39, 0.29) is 30.8 Å². The molecule has 0 radical (unpaired) electrons. The maximum Gasteiger partial charge on any atom is 0.265 e. The lowest BCUT2D eigenvalue weighted by Gasteiger charge is -2.33. The number of ether oxygens (including phenoxy) is 3. The second-order valence-corrected chi connectivity index (χ2v) is 8.30. The molecule has 8 heteroatoms. The molecule has 0 bridgehead atoms. The summed E-state index contributed by atoms with van der Waals surface area (Å²) in [6.45, 7) is 1.70. The lowest BCUT2D eigenvalue weighted by atomic mass is 10.1. The third-order valence-electron chi connectivity index (χ3n) is 5.91. The van der Waals surface area contributed by atoms with Gasteiger partial charge in [0.2, 0.25) is 5.91 Å². The summed E-state index contributed by atoms with van der Waals surface area (Å²) in [5.41, 5.74) is 1.82. The van der Waals surface area contributed by atoms with Gasteiger partial charge in [-0.2, -0.15) is 0 Å². The number of para-hydroxylation sites is 2. The van der Waals surface area contributed by atoms with Gasteiger partial charge in [-0.15, -0.1) is 0 Å². The number of hydrogen-bond acceptors (Lipinski definition) is 6. The Labute approximate surface area is 209 Å². The number of Topliss-reactive ketones (excluding diaryl/α,β-unsaturated/α-hetero) is 1. The van der Waals surface area contributed by atoms with Crippen LogP contribution in [0.5, 0.6) is 17.2 Å². The first-order valence-electron chi connectivity index (χ1n) is 11.7. The number of rotatable bonds is 10. The van der Waals surface area contributed by atoms with Crippen LogP contribution in [-0.4, -0.2) is 50.5 Å². The van der Waals surface area contributed by atoms with E-state index in [1.54, 1.807) is 43.3 Å². The van der Waals surface area contributed by atoms with Crippen molar-refractivity contribution in [3.8, 4) is 17.2 Å². The van der Waals surface area contributed by atoms with E-state index in [1.807, 2.05) is 36.4 Å². The Morgan fingerprint density at radius 2 is 1.75 bits per heavy atom. The third kappa shape index (κ3) is 5.66. The van der Waals surface area contributed by atoms with Gasteiger partial charge in [0.1, 0.15) is 11.8 Å². The average molecular weight is 489 g/mol. The summed E-state index contributed by atoms with van der Waals surface area (Å²) in [4.78, 5) is 39.9. The van der Waals surface area contributed by atoms with Gasteiger partial charge in [-0.05, 0) is 49.2 Å². The molecule has 0 aliphatic carbocycles. The van der Waals surface area contributed by atoms with Crippen LogP contribution in [-0.2, 0) is 16.0 Å². The lowest BCUT2D eigenvalue weighted by molar-refractivity contribution is -0.127. The smallest absolute Gasteiger partial charge is 0.265 e. The molecule has 8 nitrogen and oxygen atoms in total. The highest BCUT2D eigenvalue weighted by atomic mass is 16.5. The van der Waals surface area contributed by atoms with Gasteiger partial charge in [-0.25, -0.2) is 0 Å². The summed E-state index contributed by atoms with van der Waals surface area (Å²) in [5, 5.41) is 2.89. The summed E-state index contributed by atoms with van der Waals surface area (Å²) < 4.78 is 16.4. The fourth-order valence-electron chi connectivity index (χ4n) is 3.97. The van der Waals surface area contributed by atoms with Gasteiger partial charge in [0, 0.05) is 12.1 Å². The minimum absolute atomic E-state index is 0.182. The molecule has 0 aromatic heterocycles. The maximum atomic E-state index is 12.9. The van der Waals surface area contributed by atoms with E-state index < -0.39 is 6.04 Å². The first-order valence-corrected chi connectivity index (χ1v) is 11.7. The molecule has 36 heavy (non-hydrogen) atoms. The molecule has 2 amide bonds. The van der Waals surface area contributed by atoms with Gasteiger partial charge in [-0.1, -0.05) is 42.5 Å². The van der Waals surface area contributed by atoms with Crippen molar-refractivity contribution in [2.24, 2.45) is 0 Å². The molecule has 0 saturated carbocycles. The Balaban J connectivity index is 1.45. The summed E-state index contributed by atoms with van der Waals surface area (Å²) in [7, 11) is 1.53. The molecule has 1 heterocycles. The normalized spacial score (nSPS) is 13.3. The van der Waals surface area contributed by atoms with Crippen molar-refractivity contribution in [2.45, 2.75) is 19.4 Å². The second-order valence-electron chi connectivity index (χ2n) is 8.30. The standard InChI is InChI=1S/C28H28N2O6/c1-19(28(33)29-15-14-20-8-4-3-5-9-20)30-22-16-21(12-13-24(22)36-18-27(30)32)23(31)17-35-26-11-7-6-10-25(26)34-2/h3-13,16,19H,14-15,17-18H2,1-2H3,(H,29,33)/t19-/m1/s1. The van der Waals surface area contributed by atoms with E-state index in [0.717, 1.165) is 5.56 Å². The van der Waals surface area contributed by atoms with E-state index >= 15 is 0 Å². The minimum atomic E-state index is -0.786. The SMILES string of the molecule is COc1ccccc1OCC(=O)c1ccc2c(c1)N([C@H](C)C(=O)NCCc1ccccc1)C(=O)CO2. The highest BCUT2D eigenvalue weighted by molar-refractivity contribution is 6.05. The Bertz CT molecular complexity index is 1240. The summed E-state index contributed by atoms with van der Waals surface area (Å²) >= 11 is 0. The van der Waals surface area contributed by atoms with Crippen LogP contribution in [0.4, 0.5) is 5.69 Å². The van der Waals surface area contributed by atoms with Crippen LogP contribution in [0.15, 0.2) is 72.8 Å². The molecule has 3 aromatic carbocycles. The Morgan fingerprint density at radius 3 is 2.50 bits per heavy atom. The molecule has 0 spiro atoms. The van der Waals surface area contributed by atoms with Crippen molar-refractivity contribution in [3.63, 3.8) is 0 Å². The van der Waals surface area contributed by atoms with Crippen molar-refractivity contribution in [1.82, 2.24) is 5.32 Å². The number of benzene rings is 3. The number of fused-ring (bicyclic) bond motifs is 1. The molecule has 1 aliphatic rings. The van der Waals surface area contributed by atoms with Crippen molar-refractivity contribution in [3.05, 3.63) is 83.9 Å². The number of amides is 2. The van der Waals surface area contributed by atoms with Crippen LogP contribution >= 0.6 is 0 Å². The van der Waals surface area contributed by atoms with E-state index in [4.69, 9.17) is 14.2 Å². The molecule has 3 aromatic rings. The average Bonchev–Trinajstić information content (AvgIpc) is 2.91. The van der Waals surface area contributed by atoms with Gasteiger partial charge in [0.05, 0.1) is 12.8 Å². The van der Waals surface area contributed by atoms with E-state index in [1.165, 1.54) is 12.0 Å². The largest absolute Gasteiger partial charge is 0.493 e. The van der Waals surface area contributed by atoms with E-state index in [2.05, 4.69) is 5.32 Å². The number of ketones is 1. The summed E-state index contributed by atoms with van der Waals surface area (Å²) in [6.07, 6.45) is 0.678. The number of carbonyl (C=O) groups excluding carboxylic acids is 3. The zero-order chi connectivity index (χ0) is 25.5. The Morgan fingerprint density at radius 1 is 1.03 bits per heavy atom. The zero-order valence-corrected chi connectivity index (χ0v) is 20.2. The van der Waals surface area contributed by atoms with Crippen LogP contribution in [0.3, 0.4) is 0 Å². The molecule has 186 valence electrons. The van der Waals surface area contributed by atoms with Crippen LogP contribution in [0.1, 0.15) is 22.8 Å². The van der Waals surface area contributed by atoms with Gasteiger partial charge in [0.15, 0.2) is 30.5 Å². The third-order valence-corrected chi connectivity index (χ3v) is 5.91. The van der Waals surface area contributed by atoms with Gasteiger partial charge >= 0.3 is 0 Å². The first kappa shape index (κ1) is 24.8. The molecular formula is C28H28N2O6. The van der Waals surface area contributed by atoms with Gasteiger partial charge < -0.3 is 19.5 Å². The summed E-state index contributed by atoms with van der Waals surface area (Å²) in [5.74, 6) is 0.467. The van der Waals surface area contributed by atoms with E-state index in [0.29, 0.717) is 41.5 Å². The Kier molecular flexibility index (Phi) is 7.85. The predicted octanol–water partition coefficient (Wildman–Crippen LogP) is 3.43. The van der Waals surface area contributed by atoms with Crippen molar-refractivity contribution in [2.75, 3.05) is 31.8 Å². The van der Waals surface area contributed by atoms with Crippen LogP contribution in [0.2, 0.25) is 0 Å². The number of nitrogens with zero attached hydrogens (tertiary/aromatic N) is 1. The zero-order valence-electron chi connectivity index (χ0n) is 20.2. The molecule has 1 atom stereocenters. The number of carbonyl (C=O) groups is 3. The highest BCUT2D eigenvalue weighted by Crippen LogP contribution is 2.35. The fraction of sp³-hybridized carbons (Fsp3) is 0.250. The van der Waals surface area contributed by atoms with Crippen LogP contribution in [0.25, 0.3) is 0 Å². The number of methoxy groups -OCH3 is 1. The fourth-order valence-corrected chi connectivity index (χ4v) is 3.97. The van der Waals surface area contributed by atoms with Crippen LogP contribution < -0.4 is 24.4 Å². The summed E-state index contributed by atoms with van der Waals surface area (Å²) in [6, 6.07) is 20.9. The van der Waals surface area contributed by atoms with Crippen molar-refractivity contribution in [1.29, 1.82) is 0 Å². The van der Waals surface area contributed by atoms with Crippen LogP contribution in [0, 0.1) is 0 Å². The van der Waals surface area contributed by atoms with Crippen molar-refractivity contribution < 1.29 is 28.6 Å². The highest BCUT2D eigenvalue weighted by Gasteiger charge is 2.33. The predicted molar refractivity (Wildman–Crippen MR) is 135 cm³/mol. The molecule has 1 aliphatic heterocycles. The number of nitrogens with one attached hydrogen (secondary N) is 1. The topological polar surface area (TPSA) is 94.2 Å². The molecule has 0 fully saturated rings. The lowest BCUT2D eigenvalue weighted by Crippen LogP contribution is -2.51. The maximum absolute atomic E-state index is 12.9. The molecule has 0 unspecified atom stereocenters. The quantitative estimate of drug-likeness (QED) is 0.440. The van der Waals surface area contributed by atoms with Gasteiger partial charge in [0.25, 0.3) is 5.91 Å². The van der Waals surface area contributed by atoms with Crippen molar-refractivity contribution >= 4 is 23.3 Å². The molecule has 0 saturated heterocycles. The monoisotopic (exact) mass is 488 g/mol. The second kappa shape index (κ2) is 11.4. The molecular weight excluding hydrogens is 460 g/mol. The van der Waals surface area contributed by atoms with Gasteiger partial charge in [-0.3, -0.25) is 19.3 Å². The molecule has 4 rings (SSSR count). The number of anilines is 1.